The molecule has 0 aliphatic rings. The normalized spacial score (nSPS) is 10.5. The van der Waals surface area contributed by atoms with Crippen LogP contribution < -0.4 is 0 Å². The van der Waals surface area contributed by atoms with Crippen LogP contribution in [0.1, 0.15) is 5.56 Å². The molecule has 0 radical (unpaired) electrons. The Morgan fingerprint density at radius 2 is 1.80 bits per heavy atom. The van der Waals surface area contributed by atoms with E-state index in [4.69, 9.17) is 23.2 Å². The standard InChI is InChI=1S/C13H9Cl2NO3S/c14-8-3-9(15)5-10(4-8)16-12(18)2-7(13(16)19)1-11(17)6-20/h2-6,18-19H,1H2. The van der Waals surface area contributed by atoms with Crippen LogP contribution in [0.3, 0.4) is 0 Å². The fourth-order valence-corrected chi connectivity index (χ4v) is 2.42. The minimum atomic E-state index is -0.337. The van der Waals surface area contributed by atoms with Crippen LogP contribution in [0, 0.1) is 0 Å². The van der Waals surface area contributed by atoms with Crippen molar-refractivity contribution in [1.82, 2.24) is 4.57 Å². The molecule has 4 nitrogen and oxygen atoms in total. The minimum absolute atomic E-state index is 0.0931. The van der Waals surface area contributed by atoms with Crippen LogP contribution in [0.2, 0.25) is 10.0 Å². The molecule has 1 aromatic heterocycles. The second-order valence-corrected chi connectivity index (χ2v) is 5.18. The topological polar surface area (TPSA) is 62.5 Å². The van der Waals surface area contributed by atoms with Gasteiger partial charge in [0.2, 0.25) is 5.88 Å². The van der Waals surface area contributed by atoms with E-state index in [2.05, 4.69) is 12.2 Å². The molecule has 1 heterocycles. The Hall–Kier alpha value is -1.56. The molecule has 0 spiro atoms. The lowest BCUT2D eigenvalue weighted by molar-refractivity contribution is -0.111. The summed E-state index contributed by atoms with van der Waals surface area (Å²) in [5.41, 5.74) is 0.656. The molecule has 0 saturated heterocycles. The molecule has 0 aliphatic heterocycles. The molecule has 1 aromatic carbocycles. The molecule has 20 heavy (non-hydrogen) atoms. The first-order chi connectivity index (χ1) is 9.42. The number of Topliss-reactive ketones (excluding diaryl/α,β-unsaturated/α-hetero) is 1. The van der Waals surface area contributed by atoms with Gasteiger partial charge in [0, 0.05) is 33.5 Å². The Balaban J connectivity index is 2.52. The van der Waals surface area contributed by atoms with Gasteiger partial charge in [-0.15, -0.1) is 0 Å². The van der Waals surface area contributed by atoms with Crippen LogP contribution in [0.5, 0.6) is 11.8 Å². The van der Waals surface area contributed by atoms with Gasteiger partial charge in [-0.05, 0) is 18.2 Å². The van der Waals surface area contributed by atoms with Gasteiger partial charge in [0.15, 0.2) is 11.7 Å². The average molecular weight is 330 g/mol. The van der Waals surface area contributed by atoms with E-state index < -0.39 is 0 Å². The van der Waals surface area contributed by atoms with Crippen molar-refractivity contribution in [3.63, 3.8) is 0 Å². The first-order valence-electron chi connectivity index (χ1n) is 5.49. The summed E-state index contributed by atoms with van der Waals surface area (Å²) in [6, 6.07) is 5.87. The number of rotatable bonds is 4. The molecule has 0 atom stereocenters. The Morgan fingerprint density at radius 1 is 1.20 bits per heavy atom. The van der Waals surface area contributed by atoms with Crippen LogP contribution in [0.15, 0.2) is 24.3 Å². The number of carbonyl (C=O) groups excluding carboxylic acids is 1. The zero-order valence-corrected chi connectivity index (χ0v) is 12.3. The summed E-state index contributed by atoms with van der Waals surface area (Å²) in [7, 11) is 0. The number of benzene rings is 1. The second kappa shape index (κ2) is 5.83. The second-order valence-electron chi connectivity index (χ2n) is 4.08. The summed E-state index contributed by atoms with van der Waals surface area (Å²) in [6.07, 6.45) is -0.0931. The summed E-state index contributed by atoms with van der Waals surface area (Å²) in [4.78, 5) is 11.3. The molecule has 7 heteroatoms. The van der Waals surface area contributed by atoms with Crippen molar-refractivity contribution >= 4 is 46.6 Å². The SMILES string of the molecule is O=C(C=S)Cc1cc(O)n(-c2cc(Cl)cc(Cl)c2)c1O. The van der Waals surface area contributed by atoms with Crippen molar-refractivity contribution < 1.29 is 15.0 Å². The molecule has 2 N–H and O–H groups in total. The van der Waals surface area contributed by atoms with Gasteiger partial charge in [0.05, 0.1) is 5.69 Å². The molecule has 104 valence electrons. The fourth-order valence-electron chi connectivity index (χ4n) is 1.82. The van der Waals surface area contributed by atoms with E-state index >= 15 is 0 Å². The van der Waals surface area contributed by atoms with Gasteiger partial charge in [-0.1, -0.05) is 35.4 Å². The number of carbonyl (C=O) groups is 1. The molecule has 0 unspecified atom stereocenters. The average Bonchev–Trinajstić information content (AvgIpc) is 2.63. The van der Waals surface area contributed by atoms with Gasteiger partial charge in [0.25, 0.3) is 0 Å². The van der Waals surface area contributed by atoms with Crippen molar-refractivity contribution in [1.29, 1.82) is 0 Å². The molecular formula is C13H9Cl2NO3S. The molecule has 2 aromatic rings. The minimum Gasteiger partial charge on any atom is -0.494 e. The summed E-state index contributed by atoms with van der Waals surface area (Å²) in [5.74, 6) is -0.824. The van der Waals surface area contributed by atoms with Gasteiger partial charge in [-0.2, -0.15) is 0 Å². The van der Waals surface area contributed by atoms with Crippen LogP contribution in [-0.2, 0) is 11.2 Å². The third-order valence-electron chi connectivity index (χ3n) is 2.63. The maximum Gasteiger partial charge on any atom is 0.202 e. The largest absolute Gasteiger partial charge is 0.494 e. The van der Waals surface area contributed by atoms with Crippen molar-refractivity contribution in [3.05, 3.63) is 39.9 Å². The number of hydrogen-bond acceptors (Lipinski definition) is 4. The summed E-state index contributed by atoms with van der Waals surface area (Å²) >= 11 is 16.3. The Kier molecular flexibility index (Phi) is 4.32. The van der Waals surface area contributed by atoms with E-state index in [1.165, 1.54) is 24.3 Å². The summed E-state index contributed by atoms with van der Waals surface area (Å²) in [6.45, 7) is 0. The van der Waals surface area contributed by atoms with Crippen LogP contribution in [0.4, 0.5) is 0 Å². The third-order valence-corrected chi connectivity index (χ3v) is 3.33. The van der Waals surface area contributed by atoms with Gasteiger partial charge >= 0.3 is 0 Å². The number of aromatic hydroxyl groups is 2. The van der Waals surface area contributed by atoms with E-state index in [0.29, 0.717) is 15.7 Å². The van der Waals surface area contributed by atoms with Crippen molar-refractivity contribution in [3.8, 4) is 17.4 Å². The first-order valence-corrected chi connectivity index (χ1v) is 6.72. The molecule has 0 aliphatic carbocycles. The predicted octanol–water partition coefficient (Wildman–Crippen LogP) is 3.31. The fraction of sp³-hybridized carbons (Fsp3) is 0.0769. The van der Waals surface area contributed by atoms with E-state index in [0.717, 1.165) is 9.93 Å². The van der Waals surface area contributed by atoms with Crippen molar-refractivity contribution in [2.45, 2.75) is 6.42 Å². The summed E-state index contributed by atoms with van der Waals surface area (Å²) in [5, 5.41) is 21.7. The van der Waals surface area contributed by atoms with Gasteiger partial charge in [-0.25, -0.2) is 0 Å². The van der Waals surface area contributed by atoms with Crippen LogP contribution in [-0.4, -0.2) is 25.9 Å². The summed E-state index contributed by atoms with van der Waals surface area (Å²) < 4.78 is 1.14. The van der Waals surface area contributed by atoms with Gasteiger partial charge in [0.1, 0.15) is 0 Å². The highest BCUT2D eigenvalue weighted by Crippen LogP contribution is 2.34. The maximum absolute atomic E-state index is 11.3. The lowest BCUT2D eigenvalue weighted by atomic mass is 10.2. The lowest BCUT2D eigenvalue weighted by Crippen LogP contribution is -2.02. The molecular weight excluding hydrogens is 321 g/mol. The maximum atomic E-state index is 11.3. The number of nitrogens with zero attached hydrogens (tertiary/aromatic N) is 1. The molecule has 0 fully saturated rings. The van der Waals surface area contributed by atoms with Crippen molar-refractivity contribution in [2.75, 3.05) is 0 Å². The molecule has 2 rings (SSSR count). The lowest BCUT2D eigenvalue weighted by Gasteiger charge is -2.08. The quantitative estimate of drug-likeness (QED) is 0.845. The van der Waals surface area contributed by atoms with E-state index in [-0.39, 0.29) is 29.5 Å². The zero-order chi connectivity index (χ0) is 14.9. The molecule has 0 saturated carbocycles. The number of halogens is 2. The Bertz CT molecular complexity index is 677. The third kappa shape index (κ3) is 2.95. The van der Waals surface area contributed by atoms with E-state index in [1.54, 1.807) is 0 Å². The number of ketones is 1. The molecule has 0 amide bonds. The first kappa shape index (κ1) is 14.8. The van der Waals surface area contributed by atoms with Crippen LogP contribution in [0.25, 0.3) is 5.69 Å². The smallest absolute Gasteiger partial charge is 0.202 e. The van der Waals surface area contributed by atoms with Crippen molar-refractivity contribution in [2.24, 2.45) is 0 Å². The van der Waals surface area contributed by atoms with Gasteiger partial charge in [-0.3, -0.25) is 9.36 Å². The monoisotopic (exact) mass is 329 g/mol. The highest BCUT2D eigenvalue weighted by Gasteiger charge is 2.17. The predicted molar refractivity (Wildman–Crippen MR) is 81.5 cm³/mol. The highest BCUT2D eigenvalue weighted by molar-refractivity contribution is 7.80. The highest BCUT2D eigenvalue weighted by atomic mass is 35.5. The zero-order valence-electron chi connectivity index (χ0n) is 10.0. The number of hydrogen-bond donors (Lipinski definition) is 2. The van der Waals surface area contributed by atoms with Gasteiger partial charge < -0.3 is 10.2 Å². The Labute approximate surface area is 130 Å². The number of aromatic nitrogens is 1. The van der Waals surface area contributed by atoms with E-state index in [9.17, 15) is 15.0 Å². The Morgan fingerprint density at radius 3 is 2.35 bits per heavy atom. The number of thiocarbonyl (C=S) groups is 1. The van der Waals surface area contributed by atoms with E-state index in [1.807, 2.05) is 0 Å². The molecule has 0 bridgehead atoms. The van der Waals surface area contributed by atoms with Crippen LogP contribution >= 0.6 is 35.4 Å².